The number of hydrogen-bond donors (Lipinski definition) is 1. The second kappa shape index (κ2) is 5.63. The van der Waals surface area contributed by atoms with E-state index < -0.39 is 18.1 Å². The quantitative estimate of drug-likeness (QED) is 0.888. The highest BCUT2D eigenvalue weighted by Gasteiger charge is 2.38. The zero-order valence-electron chi connectivity index (χ0n) is 11.5. The third-order valence-corrected chi connectivity index (χ3v) is 3.85. The predicted molar refractivity (Wildman–Crippen MR) is 73.3 cm³/mol. The van der Waals surface area contributed by atoms with Crippen LogP contribution in [0.2, 0.25) is 0 Å². The summed E-state index contributed by atoms with van der Waals surface area (Å²) in [6.07, 6.45) is 1.36. The highest BCUT2D eigenvalue weighted by atomic mass is 16.6. The van der Waals surface area contributed by atoms with Crippen LogP contribution < -0.4 is 9.47 Å². The number of nitrogens with zero attached hydrogens (tertiary/aromatic N) is 1. The molecule has 0 saturated carbocycles. The number of fused-ring (bicyclic) bond motifs is 1. The SMILES string of the molecule is O=C(O)[C@@H]1CCCCN1C(=O)C1COc2ccccc2O1. The Labute approximate surface area is 122 Å². The third kappa shape index (κ3) is 2.66. The van der Waals surface area contributed by atoms with E-state index in [-0.39, 0.29) is 12.5 Å². The van der Waals surface area contributed by atoms with Gasteiger partial charge in [0.15, 0.2) is 11.5 Å². The molecule has 1 unspecified atom stereocenters. The molecule has 0 radical (unpaired) electrons. The molecule has 112 valence electrons. The van der Waals surface area contributed by atoms with Gasteiger partial charge in [0, 0.05) is 6.54 Å². The molecule has 2 heterocycles. The van der Waals surface area contributed by atoms with E-state index in [9.17, 15) is 14.7 Å². The number of hydrogen-bond acceptors (Lipinski definition) is 4. The summed E-state index contributed by atoms with van der Waals surface area (Å²) in [5, 5.41) is 9.25. The van der Waals surface area contributed by atoms with Gasteiger partial charge in [0.2, 0.25) is 6.10 Å². The third-order valence-electron chi connectivity index (χ3n) is 3.85. The lowest BCUT2D eigenvalue weighted by Gasteiger charge is -2.36. The summed E-state index contributed by atoms with van der Waals surface area (Å²) < 4.78 is 11.2. The Bertz CT molecular complexity index is 559. The number of carbonyl (C=O) groups excluding carboxylic acids is 1. The van der Waals surface area contributed by atoms with E-state index in [2.05, 4.69) is 0 Å². The predicted octanol–water partition coefficient (Wildman–Crippen LogP) is 1.29. The average Bonchev–Trinajstić information content (AvgIpc) is 2.53. The second-order valence-corrected chi connectivity index (χ2v) is 5.25. The van der Waals surface area contributed by atoms with Crippen molar-refractivity contribution in [2.24, 2.45) is 0 Å². The molecular weight excluding hydrogens is 274 g/mol. The molecule has 6 heteroatoms. The lowest BCUT2D eigenvalue weighted by molar-refractivity contribution is -0.156. The Hall–Kier alpha value is -2.24. The molecule has 0 aromatic heterocycles. The van der Waals surface area contributed by atoms with Crippen molar-refractivity contribution in [2.75, 3.05) is 13.2 Å². The number of piperidine rings is 1. The van der Waals surface area contributed by atoms with Gasteiger partial charge < -0.3 is 19.5 Å². The van der Waals surface area contributed by atoms with Crippen LogP contribution in [0.3, 0.4) is 0 Å². The Morgan fingerprint density at radius 1 is 1.19 bits per heavy atom. The number of amides is 1. The van der Waals surface area contributed by atoms with Gasteiger partial charge in [0.25, 0.3) is 5.91 Å². The smallest absolute Gasteiger partial charge is 0.326 e. The molecule has 1 N–H and O–H groups in total. The maximum absolute atomic E-state index is 12.5. The lowest BCUT2D eigenvalue weighted by atomic mass is 10.0. The minimum atomic E-state index is -0.958. The number of rotatable bonds is 2. The van der Waals surface area contributed by atoms with Crippen LogP contribution in [0.15, 0.2) is 24.3 Å². The van der Waals surface area contributed by atoms with Gasteiger partial charge in [-0.3, -0.25) is 4.79 Å². The van der Waals surface area contributed by atoms with E-state index in [1.54, 1.807) is 18.2 Å². The molecule has 1 aromatic carbocycles. The first-order valence-electron chi connectivity index (χ1n) is 7.08. The van der Waals surface area contributed by atoms with Crippen LogP contribution in [-0.4, -0.2) is 47.2 Å². The van der Waals surface area contributed by atoms with Crippen LogP contribution in [0.1, 0.15) is 19.3 Å². The van der Waals surface area contributed by atoms with Crippen molar-refractivity contribution in [1.82, 2.24) is 4.90 Å². The first kappa shape index (κ1) is 13.7. The molecule has 2 aliphatic rings. The number of ether oxygens (including phenoxy) is 2. The number of carboxylic acid groups (broad SMARTS) is 1. The molecule has 1 saturated heterocycles. The second-order valence-electron chi connectivity index (χ2n) is 5.25. The number of likely N-dealkylation sites (tertiary alicyclic amines) is 1. The Morgan fingerprint density at radius 3 is 2.71 bits per heavy atom. The lowest BCUT2D eigenvalue weighted by Crippen LogP contribution is -2.54. The van der Waals surface area contributed by atoms with Crippen molar-refractivity contribution in [3.63, 3.8) is 0 Å². The molecule has 0 spiro atoms. The molecule has 1 fully saturated rings. The fraction of sp³-hybridized carbons (Fsp3) is 0.467. The number of carboxylic acids is 1. The number of aliphatic carboxylic acids is 1. The van der Waals surface area contributed by atoms with Crippen LogP contribution in [0, 0.1) is 0 Å². The van der Waals surface area contributed by atoms with Crippen LogP contribution in [-0.2, 0) is 9.59 Å². The zero-order valence-corrected chi connectivity index (χ0v) is 11.5. The Kier molecular flexibility index (Phi) is 3.68. The van der Waals surface area contributed by atoms with Crippen molar-refractivity contribution in [1.29, 1.82) is 0 Å². The Morgan fingerprint density at radius 2 is 1.95 bits per heavy atom. The van der Waals surface area contributed by atoms with E-state index >= 15 is 0 Å². The van der Waals surface area contributed by atoms with E-state index in [1.165, 1.54) is 4.90 Å². The molecule has 0 bridgehead atoms. The minimum absolute atomic E-state index is 0.110. The molecule has 3 rings (SSSR count). The molecule has 1 amide bonds. The van der Waals surface area contributed by atoms with Crippen molar-refractivity contribution in [3.05, 3.63) is 24.3 Å². The highest BCUT2D eigenvalue weighted by molar-refractivity contribution is 5.87. The van der Waals surface area contributed by atoms with Crippen molar-refractivity contribution in [3.8, 4) is 11.5 Å². The normalized spacial score (nSPS) is 24.5. The van der Waals surface area contributed by atoms with Crippen molar-refractivity contribution < 1.29 is 24.2 Å². The van der Waals surface area contributed by atoms with Gasteiger partial charge >= 0.3 is 5.97 Å². The maximum atomic E-state index is 12.5. The standard InChI is InChI=1S/C15H17NO5/c17-14(16-8-4-3-5-10(16)15(18)19)13-9-20-11-6-1-2-7-12(11)21-13/h1-2,6-7,10,13H,3-5,8-9H2,(H,18,19)/t10-,13?/m0/s1. The van der Waals surface area contributed by atoms with Crippen molar-refractivity contribution >= 4 is 11.9 Å². The topological polar surface area (TPSA) is 76.1 Å². The molecule has 0 aliphatic carbocycles. The van der Waals surface area contributed by atoms with Gasteiger partial charge in [-0.05, 0) is 31.4 Å². The van der Waals surface area contributed by atoms with E-state index in [0.29, 0.717) is 24.5 Å². The van der Waals surface area contributed by atoms with Gasteiger partial charge in [-0.25, -0.2) is 4.79 Å². The molecule has 2 aliphatic heterocycles. The summed E-state index contributed by atoms with van der Waals surface area (Å²) in [4.78, 5) is 25.2. The fourth-order valence-electron chi connectivity index (χ4n) is 2.78. The van der Waals surface area contributed by atoms with E-state index in [4.69, 9.17) is 9.47 Å². The number of para-hydroxylation sites is 2. The summed E-state index contributed by atoms with van der Waals surface area (Å²) in [6.45, 7) is 0.565. The first-order valence-corrected chi connectivity index (χ1v) is 7.08. The van der Waals surface area contributed by atoms with Crippen molar-refractivity contribution in [2.45, 2.75) is 31.4 Å². The largest absolute Gasteiger partial charge is 0.485 e. The highest BCUT2D eigenvalue weighted by Crippen LogP contribution is 2.32. The van der Waals surface area contributed by atoms with Crippen LogP contribution >= 0.6 is 0 Å². The Balaban J connectivity index is 1.75. The molecule has 2 atom stereocenters. The van der Waals surface area contributed by atoms with Crippen LogP contribution in [0.5, 0.6) is 11.5 Å². The fourth-order valence-corrected chi connectivity index (χ4v) is 2.78. The minimum Gasteiger partial charge on any atom is -0.485 e. The van der Waals surface area contributed by atoms with Gasteiger partial charge in [0.05, 0.1) is 0 Å². The zero-order chi connectivity index (χ0) is 14.8. The number of benzene rings is 1. The van der Waals surface area contributed by atoms with Gasteiger partial charge in [-0.15, -0.1) is 0 Å². The summed E-state index contributed by atoms with van der Waals surface area (Å²) >= 11 is 0. The summed E-state index contributed by atoms with van der Waals surface area (Å²) in [6, 6.07) is 6.38. The average molecular weight is 291 g/mol. The van der Waals surface area contributed by atoms with E-state index in [0.717, 1.165) is 12.8 Å². The van der Waals surface area contributed by atoms with Gasteiger partial charge in [-0.2, -0.15) is 0 Å². The van der Waals surface area contributed by atoms with E-state index in [1.807, 2.05) is 6.07 Å². The summed E-state index contributed by atoms with van der Waals surface area (Å²) in [5.74, 6) is -0.141. The summed E-state index contributed by atoms with van der Waals surface area (Å²) in [7, 11) is 0. The molecular formula is C15H17NO5. The maximum Gasteiger partial charge on any atom is 0.326 e. The van der Waals surface area contributed by atoms with Gasteiger partial charge in [-0.1, -0.05) is 12.1 Å². The monoisotopic (exact) mass is 291 g/mol. The summed E-state index contributed by atoms with van der Waals surface area (Å²) in [5.41, 5.74) is 0. The van der Waals surface area contributed by atoms with Crippen LogP contribution in [0.25, 0.3) is 0 Å². The molecule has 1 aromatic rings. The molecule has 21 heavy (non-hydrogen) atoms. The number of carbonyl (C=O) groups is 2. The van der Waals surface area contributed by atoms with Gasteiger partial charge in [0.1, 0.15) is 12.6 Å². The first-order chi connectivity index (χ1) is 10.2. The molecule has 6 nitrogen and oxygen atoms in total. The van der Waals surface area contributed by atoms with Crippen LogP contribution in [0.4, 0.5) is 0 Å².